The standard InChI is InChI=1S/C28H50O8/c1-7-13-16-20(10-4)19-34-28(33)24(36-27(32)22(12-6)18-15-9-3)23(25(29)30)35-26(31)21(11-5)17-14-8-2/h20-24H,7-19H2,1-6H3,(H,29,30). The summed E-state index contributed by atoms with van der Waals surface area (Å²) in [6.45, 7) is 11.8. The second-order valence-corrected chi connectivity index (χ2v) is 9.59. The zero-order valence-electron chi connectivity index (χ0n) is 23.4. The van der Waals surface area contributed by atoms with E-state index in [1.54, 1.807) is 0 Å². The largest absolute Gasteiger partial charge is 0.478 e. The minimum atomic E-state index is -1.97. The van der Waals surface area contributed by atoms with Gasteiger partial charge in [0.05, 0.1) is 18.4 Å². The summed E-state index contributed by atoms with van der Waals surface area (Å²) < 4.78 is 16.2. The van der Waals surface area contributed by atoms with Crippen molar-refractivity contribution in [1.29, 1.82) is 0 Å². The van der Waals surface area contributed by atoms with Gasteiger partial charge in [-0.25, -0.2) is 9.59 Å². The Balaban J connectivity index is 5.82. The number of rotatable bonds is 21. The fraction of sp³-hybridized carbons (Fsp3) is 0.857. The first kappa shape index (κ1) is 33.9. The van der Waals surface area contributed by atoms with Crippen LogP contribution in [0.2, 0.25) is 0 Å². The predicted molar refractivity (Wildman–Crippen MR) is 138 cm³/mol. The number of carboxylic acid groups (broad SMARTS) is 1. The lowest BCUT2D eigenvalue weighted by Gasteiger charge is -2.26. The van der Waals surface area contributed by atoms with Crippen molar-refractivity contribution in [3.05, 3.63) is 0 Å². The molecular formula is C28H50O8. The topological polar surface area (TPSA) is 116 Å². The molecule has 0 saturated heterocycles. The Morgan fingerprint density at radius 2 is 1.06 bits per heavy atom. The SMILES string of the molecule is CCCCC(CC)COC(=O)C(OC(=O)C(CC)CCCC)C(OC(=O)C(CC)CCCC)C(=O)O. The molecule has 0 aliphatic carbocycles. The Morgan fingerprint density at radius 1 is 0.611 bits per heavy atom. The Kier molecular flexibility index (Phi) is 18.8. The molecule has 0 bridgehead atoms. The van der Waals surface area contributed by atoms with E-state index in [1.165, 1.54) is 0 Å². The molecule has 36 heavy (non-hydrogen) atoms. The molecule has 0 heterocycles. The van der Waals surface area contributed by atoms with Gasteiger partial charge in [-0.1, -0.05) is 86.5 Å². The van der Waals surface area contributed by atoms with Crippen molar-refractivity contribution in [3.8, 4) is 0 Å². The van der Waals surface area contributed by atoms with Crippen molar-refractivity contribution in [2.45, 2.75) is 131 Å². The number of hydrogen-bond donors (Lipinski definition) is 1. The van der Waals surface area contributed by atoms with Crippen molar-refractivity contribution in [3.63, 3.8) is 0 Å². The molecule has 0 aliphatic rings. The Bertz CT molecular complexity index is 647. The van der Waals surface area contributed by atoms with Crippen LogP contribution in [0.25, 0.3) is 0 Å². The fourth-order valence-electron chi connectivity index (χ4n) is 3.98. The number of aliphatic carboxylic acids is 1. The molecule has 210 valence electrons. The molecule has 0 spiro atoms. The van der Waals surface area contributed by atoms with Crippen molar-refractivity contribution >= 4 is 23.9 Å². The molecule has 0 aromatic carbocycles. The molecule has 0 saturated carbocycles. The molecule has 1 N–H and O–H groups in total. The summed E-state index contributed by atoms with van der Waals surface area (Å²) in [7, 11) is 0. The summed E-state index contributed by atoms with van der Waals surface area (Å²) in [5.74, 6) is -4.79. The van der Waals surface area contributed by atoms with E-state index in [2.05, 4.69) is 6.92 Å². The fourth-order valence-corrected chi connectivity index (χ4v) is 3.98. The normalized spacial score (nSPS) is 15.3. The van der Waals surface area contributed by atoms with Crippen LogP contribution >= 0.6 is 0 Å². The smallest absolute Gasteiger partial charge is 0.352 e. The molecular weight excluding hydrogens is 464 g/mol. The second-order valence-electron chi connectivity index (χ2n) is 9.59. The predicted octanol–water partition coefficient (Wildman–Crippen LogP) is 6.09. The molecule has 0 aromatic rings. The summed E-state index contributed by atoms with van der Waals surface area (Å²) in [6, 6.07) is 0. The summed E-state index contributed by atoms with van der Waals surface area (Å²) >= 11 is 0. The number of hydrogen-bond acceptors (Lipinski definition) is 7. The first-order valence-corrected chi connectivity index (χ1v) is 14.0. The average molecular weight is 515 g/mol. The van der Waals surface area contributed by atoms with Crippen LogP contribution < -0.4 is 0 Å². The van der Waals surface area contributed by atoms with Crippen molar-refractivity contribution in [2.24, 2.45) is 17.8 Å². The van der Waals surface area contributed by atoms with Crippen LogP contribution in [0, 0.1) is 17.8 Å². The molecule has 5 atom stereocenters. The highest BCUT2D eigenvalue weighted by atomic mass is 16.6. The van der Waals surface area contributed by atoms with Crippen LogP contribution in [0.1, 0.15) is 119 Å². The van der Waals surface area contributed by atoms with Crippen LogP contribution in [0.15, 0.2) is 0 Å². The molecule has 0 amide bonds. The molecule has 0 rings (SSSR count). The van der Waals surface area contributed by atoms with Gasteiger partial charge in [-0.15, -0.1) is 0 Å². The molecule has 0 radical (unpaired) electrons. The molecule has 5 unspecified atom stereocenters. The zero-order chi connectivity index (χ0) is 27.5. The highest BCUT2D eigenvalue weighted by Crippen LogP contribution is 2.21. The summed E-state index contributed by atoms with van der Waals surface area (Å²) in [5.41, 5.74) is 0. The van der Waals surface area contributed by atoms with Gasteiger partial charge in [0, 0.05) is 0 Å². The maximum atomic E-state index is 13.1. The van der Waals surface area contributed by atoms with Crippen LogP contribution in [0.4, 0.5) is 0 Å². The van der Waals surface area contributed by atoms with Gasteiger partial charge in [-0.05, 0) is 38.0 Å². The lowest BCUT2D eigenvalue weighted by Crippen LogP contribution is -2.48. The van der Waals surface area contributed by atoms with E-state index in [9.17, 15) is 24.3 Å². The monoisotopic (exact) mass is 514 g/mol. The third-order valence-electron chi connectivity index (χ3n) is 6.71. The van der Waals surface area contributed by atoms with E-state index in [4.69, 9.17) is 14.2 Å². The minimum absolute atomic E-state index is 0.0881. The number of ether oxygens (including phenoxy) is 3. The van der Waals surface area contributed by atoms with Crippen molar-refractivity contribution in [1.82, 2.24) is 0 Å². The van der Waals surface area contributed by atoms with Crippen molar-refractivity contribution < 1.29 is 38.5 Å². The summed E-state index contributed by atoms with van der Waals surface area (Å²) in [5, 5.41) is 9.89. The number of carboxylic acids is 1. The minimum Gasteiger partial charge on any atom is -0.478 e. The van der Waals surface area contributed by atoms with Crippen LogP contribution in [0.5, 0.6) is 0 Å². The van der Waals surface area contributed by atoms with Gasteiger partial charge in [0.1, 0.15) is 0 Å². The quantitative estimate of drug-likeness (QED) is 0.145. The molecule has 8 heteroatoms. The van der Waals surface area contributed by atoms with Crippen LogP contribution in [0.3, 0.4) is 0 Å². The Morgan fingerprint density at radius 3 is 1.44 bits per heavy atom. The van der Waals surface area contributed by atoms with Gasteiger partial charge in [0.2, 0.25) is 12.2 Å². The van der Waals surface area contributed by atoms with Gasteiger partial charge in [0.25, 0.3) is 0 Å². The maximum absolute atomic E-state index is 13.1. The van der Waals surface area contributed by atoms with Gasteiger partial charge in [-0.3, -0.25) is 9.59 Å². The van der Waals surface area contributed by atoms with E-state index in [0.717, 1.165) is 51.4 Å². The third-order valence-corrected chi connectivity index (χ3v) is 6.71. The Hall–Kier alpha value is -2.12. The van der Waals surface area contributed by atoms with Gasteiger partial charge >= 0.3 is 23.9 Å². The summed E-state index contributed by atoms with van der Waals surface area (Å²) in [4.78, 5) is 50.9. The molecule has 0 fully saturated rings. The number of esters is 3. The van der Waals surface area contributed by atoms with E-state index in [1.807, 2.05) is 34.6 Å². The van der Waals surface area contributed by atoms with Gasteiger partial charge < -0.3 is 19.3 Å². The maximum Gasteiger partial charge on any atom is 0.352 e. The lowest BCUT2D eigenvalue weighted by molar-refractivity contribution is -0.193. The van der Waals surface area contributed by atoms with Crippen molar-refractivity contribution in [2.75, 3.05) is 6.61 Å². The van der Waals surface area contributed by atoms with Crippen LogP contribution in [-0.4, -0.2) is 47.8 Å². The first-order valence-electron chi connectivity index (χ1n) is 14.0. The van der Waals surface area contributed by atoms with E-state index in [-0.39, 0.29) is 12.5 Å². The van der Waals surface area contributed by atoms with E-state index < -0.39 is 47.9 Å². The second kappa shape index (κ2) is 20.0. The highest BCUT2D eigenvalue weighted by molar-refractivity contribution is 5.89. The third kappa shape index (κ3) is 12.7. The molecule has 8 nitrogen and oxygen atoms in total. The molecule has 0 aromatic heterocycles. The van der Waals surface area contributed by atoms with Crippen LogP contribution in [-0.2, 0) is 33.4 Å². The van der Waals surface area contributed by atoms with E-state index >= 15 is 0 Å². The average Bonchev–Trinajstić information content (AvgIpc) is 2.86. The zero-order valence-corrected chi connectivity index (χ0v) is 23.4. The number of carbonyl (C=O) groups is 4. The number of unbranched alkanes of at least 4 members (excludes halogenated alkanes) is 3. The highest BCUT2D eigenvalue weighted by Gasteiger charge is 2.43. The Labute approximate surface area is 217 Å². The van der Waals surface area contributed by atoms with Gasteiger partial charge in [0.15, 0.2) is 0 Å². The number of carbonyl (C=O) groups excluding carboxylic acids is 3. The van der Waals surface area contributed by atoms with E-state index in [0.29, 0.717) is 25.7 Å². The van der Waals surface area contributed by atoms with Gasteiger partial charge in [-0.2, -0.15) is 0 Å². The lowest BCUT2D eigenvalue weighted by atomic mass is 9.99. The summed E-state index contributed by atoms with van der Waals surface area (Å²) in [6.07, 6.45) is 5.26. The first-order chi connectivity index (χ1) is 17.2. The molecule has 0 aliphatic heterocycles.